The predicted octanol–water partition coefficient (Wildman–Crippen LogP) is 3.04. The van der Waals surface area contributed by atoms with Crippen molar-refractivity contribution in [3.05, 3.63) is 15.9 Å². The Labute approximate surface area is 75.1 Å². The molecule has 0 fully saturated rings. The largest absolute Gasteiger partial charge is 0.360 e. The third-order valence-corrected chi connectivity index (χ3v) is 2.44. The quantitative estimate of drug-likeness (QED) is 0.668. The highest BCUT2D eigenvalue weighted by Gasteiger charge is 2.22. The highest BCUT2D eigenvalue weighted by atomic mass is 79.9. The zero-order valence-electron chi connectivity index (χ0n) is 7.23. The summed E-state index contributed by atoms with van der Waals surface area (Å²) in [7, 11) is 0. The van der Waals surface area contributed by atoms with Crippen LogP contribution in [0.2, 0.25) is 0 Å². The van der Waals surface area contributed by atoms with Crippen LogP contribution in [0.5, 0.6) is 0 Å². The van der Waals surface area contributed by atoms with Crippen molar-refractivity contribution in [1.82, 2.24) is 5.16 Å². The molecule has 0 saturated carbocycles. The maximum Gasteiger partial charge on any atom is 0.148 e. The van der Waals surface area contributed by atoms with Crippen molar-refractivity contribution in [3.63, 3.8) is 0 Å². The summed E-state index contributed by atoms with van der Waals surface area (Å²) in [6.07, 6.45) is 0. The second-order valence-corrected chi connectivity index (χ2v) is 4.44. The van der Waals surface area contributed by atoms with E-state index in [9.17, 15) is 0 Å². The highest BCUT2D eigenvalue weighted by Crippen LogP contribution is 2.30. The van der Waals surface area contributed by atoms with Gasteiger partial charge in [-0.05, 0) is 22.9 Å². The van der Waals surface area contributed by atoms with Crippen molar-refractivity contribution in [3.8, 4) is 0 Å². The lowest BCUT2D eigenvalue weighted by atomic mass is 9.92. The average molecular weight is 218 g/mol. The van der Waals surface area contributed by atoms with E-state index < -0.39 is 0 Å². The second kappa shape index (κ2) is 2.63. The fourth-order valence-corrected chi connectivity index (χ4v) is 1.57. The summed E-state index contributed by atoms with van der Waals surface area (Å²) in [4.78, 5) is 0. The molecule has 0 spiro atoms. The van der Waals surface area contributed by atoms with E-state index in [1.807, 2.05) is 6.92 Å². The van der Waals surface area contributed by atoms with E-state index in [-0.39, 0.29) is 5.41 Å². The molecule has 11 heavy (non-hydrogen) atoms. The molecule has 0 atom stereocenters. The first-order valence-electron chi connectivity index (χ1n) is 3.55. The molecular formula is C8H12BrNO. The lowest BCUT2D eigenvalue weighted by Gasteiger charge is -2.14. The fourth-order valence-electron chi connectivity index (χ4n) is 0.827. The summed E-state index contributed by atoms with van der Waals surface area (Å²) >= 11 is 3.43. The van der Waals surface area contributed by atoms with Gasteiger partial charge in [0.15, 0.2) is 0 Å². The number of rotatable bonds is 0. The summed E-state index contributed by atoms with van der Waals surface area (Å²) in [6, 6.07) is 0. The van der Waals surface area contributed by atoms with Gasteiger partial charge in [0.05, 0.1) is 4.47 Å². The summed E-state index contributed by atoms with van der Waals surface area (Å²) < 4.78 is 6.02. The van der Waals surface area contributed by atoms with Crippen LogP contribution in [-0.2, 0) is 5.41 Å². The third kappa shape index (κ3) is 1.64. The maximum absolute atomic E-state index is 5.02. The first kappa shape index (κ1) is 8.78. The topological polar surface area (TPSA) is 26.0 Å². The molecule has 0 radical (unpaired) electrons. The van der Waals surface area contributed by atoms with Gasteiger partial charge in [-0.25, -0.2) is 0 Å². The van der Waals surface area contributed by atoms with Crippen LogP contribution in [0.3, 0.4) is 0 Å². The molecule has 0 saturated heterocycles. The van der Waals surface area contributed by atoms with Crippen molar-refractivity contribution in [2.75, 3.05) is 0 Å². The number of aryl methyl sites for hydroxylation is 1. The van der Waals surface area contributed by atoms with Crippen LogP contribution in [0, 0.1) is 6.92 Å². The molecule has 0 unspecified atom stereocenters. The van der Waals surface area contributed by atoms with Crippen molar-refractivity contribution in [2.24, 2.45) is 0 Å². The minimum atomic E-state index is 0.0522. The lowest BCUT2D eigenvalue weighted by molar-refractivity contribution is 0.375. The molecule has 0 aliphatic rings. The van der Waals surface area contributed by atoms with Gasteiger partial charge in [0.2, 0.25) is 0 Å². The molecule has 1 heterocycles. The van der Waals surface area contributed by atoms with Crippen molar-refractivity contribution in [2.45, 2.75) is 33.1 Å². The minimum Gasteiger partial charge on any atom is -0.360 e. The lowest BCUT2D eigenvalue weighted by Crippen LogP contribution is -2.12. The monoisotopic (exact) mass is 217 g/mol. The summed E-state index contributed by atoms with van der Waals surface area (Å²) in [5, 5.41) is 3.96. The Morgan fingerprint density at radius 1 is 1.36 bits per heavy atom. The predicted molar refractivity (Wildman–Crippen MR) is 47.6 cm³/mol. The molecule has 3 heteroatoms. The summed E-state index contributed by atoms with van der Waals surface area (Å²) in [5.74, 6) is 0.843. The van der Waals surface area contributed by atoms with Gasteiger partial charge >= 0.3 is 0 Å². The molecule has 62 valence electrons. The van der Waals surface area contributed by atoms with Gasteiger partial charge in [-0.1, -0.05) is 25.9 Å². The molecule has 0 amide bonds. The van der Waals surface area contributed by atoms with Gasteiger partial charge in [0.1, 0.15) is 11.5 Å². The standard InChI is InChI=1S/C8H12BrNO/c1-5-6(9)7(10-11-5)8(2,3)4/h1-4H3. The number of halogens is 1. The average Bonchev–Trinajstić information content (AvgIpc) is 2.11. The van der Waals surface area contributed by atoms with Crippen LogP contribution in [0.4, 0.5) is 0 Å². The second-order valence-electron chi connectivity index (χ2n) is 3.65. The number of hydrogen-bond donors (Lipinski definition) is 0. The Bertz CT molecular complexity index is 260. The molecule has 2 nitrogen and oxygen atoms in total. The van der Waals surface area contributed by atoms with Crippen molar-refractivity contribution >= 4 is 15.9 Å². The van der Waals surface area contributed by atoms with Crippen LogP contribution >= 0.6 is 15.9 Å². The maximum atomic E-state index is 5.02. The fraction of sp³-hybridized carbons (Fsp3) is 0.625. The molecule has 1 aromatic rings. The number of nitrogens with zero attached hydrogens (tertiary/aromatic N) is 1. The van der Waals surface area contributed by atoms with Crippen LogP contribution in [-0.4, -0.2) is 5.16 Å². The number of aromatic nitrogens is 1. The van der Waals surface area contributed by atoms with Crippen LogP contribution in [0.1, 0.15) is 32.2 Å². The SMILES string of the molecule is Cc1onc(C(C)(C)C)c1Br. The molecule has 0 bridgehead atoms. The normalized spacial score (nSPS) is 12.1. The Kier molecular flexibility index (Phi) is 2.10. The molecule has 0 N–H and O–H groups in total. The molecule has 0 aliphatic heterocycles. The molecule has 1 aromatic heterocycles. The van der Waals surface area contributed by atoms with Gasteiger partial charge in [0, 0.05) is 5.41 Å². The van der Waals surface area contributed by atoms with Crippen LogP contribution in [0.25, 0.3) is 0 Å². The first-order chi connectivity index (χ1) is 4.93. The van der Waals surface area contributed by atoms with Crippen LogP contribution < -0.4 is 0 Å². The summed E-state index contributed by atoms with van der Waals surface area (Å²) in [6.45, 7) is 8.21. The van der Waals surface area contributed by atoms with Gasteiger partial charge < -0.3 is 4.52 Å². The third-order valence-electron chi connectivity index (χ3n) is 1.50. The Morgan fingerprint density at radius 3 is 2.09 bits per heavy atom. The van der Waals surface area contributed by atoms with E-state index in [0.717, 1.165) is 15.9 Å². The Morgan fingerprint density at radius 2 is 1.91 bits per heavy atom. The van der Waals surface area contributed by atoms with E-state index in [1.54, 1.807) is 0 Å². The van der Waals surface area contributed by atoms with E-state index in [1.165, 1.54) is 0 Å². The Hall–Kier alpha value is -0.310. The zero-order valence-corrected chi connectivity index (χ0v) is 8.82. The molecule has 0 aliphatic carbocycles. The van der Waals surface area contributed by atoms with Gasteiger partial charge in [0.25, 0.3) is 0 Å². The highest BCUT2D eigenvalue weighted by molar-refractivity contribution is 9.10. The van der Waals surface area contributed by atoms with Gasteiger partial charge in [-0.3, -0.25) is 0 Å². The van der Waals surface area contributed by atoms with Crippen LogP contribution in [0.15, 0.2) is 9.00 Å². The minimum absolute atomic E-state index is 0.0522. The summed E-state index contributed by atoms with van der Waals surface area (Å²) in [5.41, 5.74) is 1.03. The molecular weight excluding hydrogens is 206 g/mol. The van der Waals surface area contributed by atoms with Crippen molar-refractivity contribution in [1.29, 1.82) is 0 Å². The van der Waals surface area contributed by atoms with Crippen molar-refractivity contribution < 1.29 is 4.52 Å². The molecule has 0 aromatic carbocycles. The van der Waals surface area contributed by atoms with Gasteiger partial charge in [-0.15, -0.1) is 0 Å². The number of hydrogen-bond acceptors (Lipinski definition) is 2. The van der Waals surface area contributed by atoms with E-state index >= 15 is 0 Å². The molecule has 1 rings (SSSR count). The van der Waals surface area contributed by atoms with E-state index in [0.29, 0.717) is 0 Å². The first-order valence-corrected chi connectivity index (χ1v) is 4.34. The van der Waals surface area contributed by atoms with Gasteiger partial charge in [-0.2, -0.15) is 0 Å². The smallest absolute Gasteiger partial charge is 0.148 e. The van der Waals surface area contributed by atoms with E-state index in [4.69, 9.17) is 4.52 Å². The van der Waals surface area contributed by atoms with E-state index in [2.05, 4.69) is 41.9 Å². The zero-order chi connectivity index (χ0) is 8.65. The Balaban J connectivity index is 3.15.